The van der Waals surface area contributed by atoms with Crippen LogP contribution in [0.25, 0.3) is 0 Å². The van der Waals surface area contributed by atoms with Crippen LogP contribution >= 0.6 is 0 Å². The van der Waals surface area contributed by atoms with E-state index in [2.05, 4.69) is 30.8 Å². The van der Waals surface area contributed by atoms with E-state index in [1.807, 2.05) is 0 Å². The van der Waals surface area contributed by atoms with Crippen LogP contribution < -0.4 is 5.73 Å². The second-order valence-electron chi connectivity index (χ2n) is 5.47. The van der Waals surface area contributed by atoms with Gasteiger partial charge in [-0.15, -0.1) is 0 Å². The lowest BCUT2D eigenvalue weighted by atomic mass is 9.96. The molecule has 1 heterocycles. The zero-order valence-corrected chi connectivity index (χ0v) is 11.3. The van der Waals surface area contributed by atoms with Crippen molar-refractivity contribution in [1.29, 1.82) is 0 Å². The van der Waals surface area contributed by atoms with Crippen LogP contribution in [0.2, 0.25) is 0 Å². The van der Waals surface area contributed by atoms with E-state index in [1.165, 1.54) is 38.9 Å². The van der Waals surface area contributed by atoms with Crippen LogP contribution in [0.5, 0.6) is 0 Å². The average Bonchev–Trinajstić information content (AvgIpc) is 2.29. The van der Waals surface area contributed by atoms with Gasteiger partial charge in [0.1, 0.15) is 0 Å². The molecule has 1 fully saturated rings. The molecule has 3 heteroatoms. The Morgan fingerprint density at radius 2 is 2.00 bits per heavy atom. The number of nitrogens with zero attached hydrogens (tertiary/aromatic N) is 2. The van der Waals surface area contributed by atoms with Crippen molar-refractivity contribution < 1.29 is 0 Å². The first kappa shape index (κ1) is 13.9. The standard InChI is InChI=1S/C13H29N3/c1-12(5-4-8-14)16(3)11-13-6-9-15(2)10-7-13/h12-13H,4-11,14H2,1-3H3. The maximum Gasteiger partial charge on any atom is 0.00644 e. The normalized spacial score (nSPS) is 21.6. The Bertz CT molecular complexity index is 176. The van der Waals surface area contributed by atoms with Crippen molar-refractivity contribution in [3.8, 4) is 0 Å². The average molecular weight is 227 g/mol. The van der Waals surface area contributed by atoms with E-state index < -0.39 is 0 Å². The van der Waals surface area contributed by atoms with Crippen LogP contribution in [0, 0.1) is 5.92 Å². The van der Waals surface area contributed by atoms with E-state index in [0.29, 0.717) is 6.04 Å². The quantitative estimate of drug-likeness (QED) is 0.744. The van der Waals surface area contributed by atoms with Crippen molar-refractivity contribution in [2.75, 3.05) is 40.3 Å². The molecule has 0 saturated carbocycles. The van der Waals surface area contributed by atoms with Gasteiger partial charge in [-0.1, -0.05) is 0 Å². The summed E-state index contributed by atoms with van der Waals surface area (Å²) in [6.45, 7) is 6.96. The topological polar surface area (TPSA) is 32.5 Å². The molecule has 1 aliphatic rings. The van der Waals surface area contributed by atoms with Crippen molar-refractivity contribution in [3.63, 3.8) is 0 Å². The number of likely N-dealkylation sites (tertiary alicyclic amines) is 1. The Labute approximate surface area is 101 Å². The highest BCUT2D eigenvalue weighted by Crippen LogP contribution is 2.18. The molecule has 1 rings (SSSR count). The molecule has 0 spiro atoms. The molecule has 1 unspecified atom stereocenters. The molecule has 16 heavy (non-hydrogen) atoms. The SMILES string of the molecule is CC(CCCN)N(C)CC1CCN(C)CC1. The minimum Gasteiger partial charge on any atom is -0.330 e. The summed E-state index contributed by atoms with van der Waals surface area (Å²) in [7, 11) is 4.49. The minimum absolute atomic E-state index is 0.684. The largest absolute Gasteiger partial charge is 0.330 e. The van der Waals surface area contributed by atoms with E-state index in [-0.39, 0.29) is 0 Å². The maximum absolute atomic E-state index is 5.55. The number of rotatable bonds is 6. The molecular weight excluding hydrogens is 198 g/mol. The third-order valence-corrected chi connectivity index (χ3v) is 3.96. The fraction of sp³-hybridized carbons (Fsp3) is 1.00. The summed E-state index contributed by atoms with van der Waals surface area (Å²) in [4.78, 5) is 4.96. The first-order valence-electron chi connectivity index (χ1n) is 6.72. The van der Waals surface area contributed by atoms with Crippen LogP contribution in [0.15, 0.2) is 0 Å². The molecule has 0 amide bonds. The lowest BCUT2D eigenvalue weighted by Crippen LogP contribution is -2.39. The molecule has 0 radical (unpaired) electrons. The third kappa shape index (κ3) is 4.81. The van der Waals surface area contributed by atoms with Gasteiger partial charge in [0, 0.05) is 12.6 Å². The van der Waals surface area contributed by atoms with Gasteiger partial charge in [-0.2, -0.15) is 0 Å². The Kier molecular flexibility index (Phi) is 6.32. The predicted molar refractivity (Wildman–Crippen MR) is 70.6 cm³/mol. The van der Waals surface area contributed by atoms with Gasteiger partial charge >= 0.3 is 0 Å². The van der Waals surface area contributed by atoms with Gasteiger partial charge in [0.15, 0.2) is 0 Å². The summed E-state index contributed by atoms with van der Waals surface area (Å²) < 4.78 is 0. The Morgan fingerprint density at radius 3 is 2.56 bits per heavy atom. The smallest absolute Gasteiger partial charge is 0.00644 e. The van der Waals surface area contributed by atoms with Crippen molar-refractivity contribution in [2.45, 2.75) is 38.6 Å². The summed E-state index contributed by atoms with van der Waals surface area (Å²) in [6.07, 6.45) is 5.12. The van der Waals surface area contributed by atoms with Gasteiger partial charge in [-0.3, -0.25) is 0 Å². The van der Waals surface area contributed by atoms with Crippen molar-refractivity contribution >= 4 is 0 Å². The molecule has 2 N–H and O–H groups in total. The lowest BCUT2D eigenvalue weighted by molar-refractivity contribution is 0.150. The van der Waals surface area contributed by atoms with Crippen LogP contribution in [0.1, 0.15) is 32.6 Å². The van der Waals surface area contributed by atoms with Gasteiger partial charge in [0.05, 0.1) is 0 Å². The second-order valence-corrected chi connectivity index (χ2v) is 5.47. The second kappa shape index (κ2) is 7.25. The molecular formula is C13H29N3. The Balaban J connectivity index is 2.19. The number of nitrogens with two attached hydrogens (primary N) is 1. The summed E-state index contributed by atoms with van der Waals surface area (Å²) in [5.41, 5.74) is 5.55. The highest BCUT2D eigenvalue weighted by atomic mass is 15.1. The number of hydrogen-bond acceptors (Lipinski definition) is 3. The third-order valence-electron chi connectivity index (χ3n) is 3.96. The van der Waals surface area contributed by atoms with Gasteiger partial charge in [0.2, 0.25) is 0 Å². The minimum atomic E-state index is 0.684. The summed E-state index contributed by atoms with van der Waals surface area (Å²) in [5.74, 6) is 0.904. The summed E-state index contributed by atoms with van der Waals surface area (Å²) >= 11 is 0. The molecule has 0 bridgehead atoms. The van der Waals surface area contributed by atoms with Crippen molar-refractivity contribution in [1.82, 2.24) is 9.80 Å². The van der Waals surface area contributed by atoms with Crippen molar-refractivity contribution in [3.05, 3.63) is 0 Å². The number of piperidine rings is 1. The summed E-state index contributed by atoms with van der Waals surface area (Å²) in [6, 6.07) is 0.684. The summed E-state index contributed by atoms with van der Waals surface area (Å²) in [5, 5.41) is 0. The van der Waals surface area contributed by atoms with Crippen LogP contribution in [0.3, 0.4) is 0 Å². The van der Waals surface area contributed by atoms with Crippen LogP contribution in [-0.2, 0) is 0 Å². The molecule has 0 aromatic heterocycles. The fourth-order valence-corrected chi connectivity index (χ4v) is 2.47. The van der Waals surface area contributed by atoms with Gasteiger partial charge in [-0.25, -0.2) is 0 Å². The van der Waals surface area contributed by atoms with E-state index >= 15 is 0 Å². The molecule has 96 valence electrons. The first-order valence-corrected chi connectivity index (χ1v) is 6.72. The Hall–Kier alpha value is -0.120. The molecule has 0 aromatic rings. The lowest BCUT2D eigenvalue weighted by Gasteiger charge is -2.34. The molecule has 1 saturated heterocycles. The Morgan fingerprint density at radius 1 is 1.38 bits per heavy atom. The van der Waals surface area contributed by atoms with E-state index in [4.69, 9.17) is 5.73 Å². The molecule has 0 aliphatic carbocycles. The zero-order valence-electron chi connectivity index (χ0n) is 11.3. The zero-order chi connectivity index (χ0) is 12.0. The van der Waals surface area contributed by atoms with Crippen LogP contribution in [-0.4, -0.2) is 56.1 Å². The highest BCUT2D eigenvalue weighted by Gasteiger charge is 2.19. The van der Waals surface area contributed by atoms with E-state index in [9.17, 15) is 0 Å². The first-order chi connectivity index (χ1) is 7.63. The van der Waals surface area contributed by atoms with Gasteiger partial charge < -0.3 is 15.5 Å². The predicted octanol–water partition coefficient (Wildman–Crippen LogP) is 1.39. The number of hydrogen-bond donors (Lipinski definition) is 1. The molecule has 1 atom stereocenters. The van der Waals surface area contributed by atoms with Gasteiger partial charge in [0.25, 0.3) is 0 Å². The van der Waals surface area contributed by atoms with E-state index in [0.717, 1.165) is 18.9 Å². The van der Waals surface area contributed by atoms with Gasteiger partial charge in [-0.05, 0) is 72.3 Å². The van der Waals surface area contributed by atoms with Crippen molar-refractivity contribution in [2.24, 2.45) is 11.7 Å². The molecule has 0 aromatic carbocycles. The molecule has 1 aliphatic heterocycles. The van der Waals surface area contributed by atoms with Crippen LogP contribution in [0.4, 0.5) is 0 Å². The molecule has 3 nitrogen and oxygen atoms in total. The highest BCUT2D eigenvalue weighted by molar-refractivity contribution is 4.74. The monoisotopic (exact) mass is 227 g/mol. The maximum atomic E-state index is 5.55. The van der Waals surface area contributed by atoms with E-state index in [1.54, 1.807) is 0 Å². The fourth-order valence-electron chi connectivity index (χ4n) is 2.47.